The first kappa shape index (κ1) is 15.2. The summed E-state index contributed by atoms with van der Waals surface area (Å²) < 4.78 is 0. The molecule has 1 heterocycles. The van der Waals surface area contributed by atoms with Crippen LogP contribution in [0.5, 0.6) is 0 Å². The Bertz CT molecular complexity index is 248. The largest absolute Gasteiger partial charge is 0.353 e. The van der Waals surface area contributed by atoms with Crippen LogP contribution in [0.3, 0.4) is 0 Å². The quantitative estimate of drug-likeness (QED) is 0.730. The number of nitrogens with two attached hydrogens (primary N) is 1. The molecule has 1 unspecified atom stereocenters. The number of nitrogens with one attached hydrogen (secondary N) is 1. The molecule has 6 heteroatoms. The molecule has 5 nitrogen and oxygen atoms in total. The average Bonchev–Trinajstić information content (AvgIpc) is 2.25. The number of hydrogen-bond acceptors (Lipinski definition) is 3. The minimum atomic E-state index is -0.288. The number of nitrogens with zero attached hydrogens (tertiary/aromatic N) is 1. The van der Waals surface area contributed by atoms with Crippen molar-refractivity contribution in [3.05, 3.63) is 0 Å². The molecule has 0 aromatic rings. The van der Waals surface area contributed by atoms with E-state index in [9.17, 15) is 9.59 Å². The van der Waals surface area contributed by atoms with Gasteiger partial charge in [0.15, 0.2) is 0 Å². The molecule has 0 bridgehead atoms. The van der Waals surface area contributed by atoms with E-state index in [0.29, 0.717) is 38.9 Å². The summed E-state index contributed by atoms with van der Waals surface area (Å²) >= 11 is 0. The highest BCUT2D eigenvalue weighted by molar-refractivity contribution is 5.88. The maximum absolute atomic E-state index is 11.8. The first-order valence-electron chi connectivity index (χ1n) is 5.48. The summed E-state index contributed by atoms with van der Waals surface area (Å²) in [5, 5.41) is 2.77. The van der Waals surface area contributed by atoms with Gasteiger partial charge in [0.1, 0.15) is 6.04 Å². The van der Waals surface area contributed by atoms with Gasteiger partial charge < -0.3 is 16.0 Å². The second-order valence-corrected chi connectivity index (χ2v) is 3.69. The Balaban J connectivity index is 0.00000225. The standard InChI is InChI=1S/C10H19N3O2.ClH/c1-2-8-10(15)12-6-7-13(8)9(14)4-3-5-11;/h8H,2-7,11H2,1H3,(H,12,15);1H. The van der Waals surface area contributed by atoms with Gasteiger partial charge in [-0.15, -0.1) is 12.4 Å². The molecule has 0 radical (unpaired) electrons. The number of halogens is 1. The van der Waals surface area contributed by atoms with Gasteiger partial charge in [-0.05, 0) is 19.4 Å². The fourth-order valence-electron chi connectivity index (χ4n) is 1.82. The molecule has 1 rings (SSSR count). The lowest BCUT2D eigenvalue weighted by molar-refractivity contribution is -0.143. The van der Waals surface area contributed by atoms with E-state index in [1.165, 1.54) is 0 Å². The van der Waals surface area contributed by atoms with Crippen molar-refractivity contribution in [3.63, 3.8) is 0 Å². The number of carbonyl (C=O) groups is 2. The van der Waals surface area contributed by atoms with Crippen molar-refractivity contribution in [2.24, 2.45) is 5.73 Å². The Hall–Kier alpha value is -0.810. The van der Waals surface area contributed by atoms with Crippen molar-refractivity contribution in [1.82, 2.24) is 10.2 Å². The number of carbonyl (C=O) groups excluding carboxylic acids is 2. The molecule has 3 N–H and O–H groups in total. The van der Waals surface area contributed by atoms with E-state index in [-0.39, 0.29) is 30.3 Å². The van der Waals surface area contributed by atoms with Crippen molar-refractivity contribution in [3.8, 4) is 0 Å². The lowest BCUT2D eigenvalue weighted by atomic mass is 10.1. The normalized spacial score (nSPS) is 20.0. The molecule has 1 aliphatic heterocycles. The predicted molar refractivity (Wildman–Crippen MR) is 64.3 cm³/mol. The highest BCUT2D eigenvalue weighted by Gasteiger charge is 2.30. The smallest absolute Gasteiger partial charge is 0.242 e. The molecule has 1 fully saturated rings. The second kappa shape index (κ2) is 7.46. The van der Waals surface area contributed by atoms with Gasteiger partial charge in [0, 0.05) is 19.5 Å². The Morgan fingerprint density at radius 1 is 1.62 bits per heavy atom. The minimum Gasteiger partial charge on any atom is -0.353 e. The maximum Gasteiger partial charge on any atom is 0.242 e. The van der Waals surface area contributed by atoms with E-state index in [1.54, 1.807) is 4.90 Å². The zero-order chi connectivity index (χ0) is 11.3. The summed E-state index contributed by atoms with van der Waals surface area (Å²) in [6.07, 6.45) is 1.80. The fourth-order valence-corrected chi connectivity index (χ4v) is 1.82. The SMILES string of the molecule is CCC1C(=O)NCCN1C(=O)CCCN.Cl. The van der Waals surface area contributed by atoms with Crippen LogP contribution in [0.1, 0.15) is 26.2 Å². The zero-order valence-electron chi connectivity index (χ0n) is 9.57. The number of rotatable bonds is 4. The van der Waals surface area contributed by atoms with Crippen LogP contribution in [0.2, 0.25) is 0 Å². The lowest BCUT2D eigenvalue weighted by Crippen LogP contribution is -2.56. The summed E-state index contributed by atoms with van der Waals surface area (Å²) in [6.45, 7) is 3.61. The van der Waals surface area contributed by atoms with Crippen molar-refractivity contribution < 1.29 is 9.59 Å². The molecule has 16 heavy (non-hydrogen) atoms. The zero-order valence-corrected chi connectivity index (χ0v) is 10.4. The van der Waals surface area contributed by atoms with Gasteiger partial charge in [0.25, 0.3) is 0 Å². The predicted octanol–water partition coefficient (Wildman–Crippen LogP) is -0.116. The van der Waals surface area contributed by atoms with E-state index in [2.05, 4.69) is 5.32 Å². The van der Waals surface area contributed by atoms with Crippen molar-refractivity contribution in [2.75, 3.05) is 19.6 Å². The molecule has 0 aromatic heterocycles. The molecule has 0 aromatic carbocycles. The third kappa shape index (κ3) is 3.64. The molecular formula is C10H20ClN3O2. The number of amides is 2. The van der Waals surface area contributed by atoms with Crippen molar-refractivity contribution in [2.45, 2.75) is 32.2 Å². The van der Waals surface area contributed by atoms with Crippen LogP contribution >= 0.6 is 12.4 Å². The van der Waals surface area contributed by atoms with E-state index in [1.807, 2.05) is 6.92 Å². The Morgan fingerprint density at radius 2 is 2.31 bits per heavy atom. The second-order valence-electron chi connectivity index (χ2n) is 3.69. The summed E-state index contributed by atoms with van der Waals surface area (Å²) in [5.74, 6) is 0.00648. The van der Waals surface area contributed by atoms with Crippen LogP contribution in [0.15, 0.2) is 0 Å². The lowest BCUT2D eigenvalue weighted by Gasteiger charge is -2.34. The molecule has 1 atom stereocenters. The van der Waals surface area contributed by atoms with Crippen LogP contribution in [-0.4, -0.2) is 42.4 Å². The number of piperazine rings is 1. The van der Waals surface area contributed by atoms with Crippen LogP contribution in [0.4, 0.5) is 0 Å². The van der Waals surface area contributed by atoms with Crippen LogP contribution in [0, 0.1) is 0 Å². The summed E-state index contributed by atoms with van der Waals surface area (Å²) in [7, 11) is 0. The van der Waals surface area contributed by atoms with Crippen LogP contribution in [0.25, 0.3) is 0 Å². The Morgan fingerprint density at radius 3 is 2.88 bits per heavy atom. The van der Waals surface area contributed by atoms with Gasteiger partial charge in [-0.25, -0.2) is 0 Å². The van der Waals surface area contributed by atoms with Crippen molar-refractivity contribution in [1.29, 1.82) is 0 Å². The Kier molecular flexibility index (Phi) is 7.08. The maximum atomic E-state index is 11.8. The third-order valence-corrected chi connectivity index (χ3v) is 2.63. The first-order chi connectivity index (χ1) is 7.20. The van der Waals surface area contributed by atoms with Gasteiger partial charge in [0.05, 0.1) is 0 Å². The van der Waals surface area contributed by atoms with E-state index >= 15 is 0 Å². The summed E-state index contributed by atoms with van der Waals surface area (Å²) in [6, 6.07) is -0.288. The molecular weight excluding hydrogens is 230 g/mol. The molecule has 1 saturated heterocycles. The fraction of sp³-hybridized carbons (Fsp3) is 0.800. The molecule has 94 valence electrons. The first-order valence-corrected chi connectivity index (χ1v) is 5.48. The van der Waals surface area contributed by atoms with Crippen LogP contribution in [-0.2, 0) is 9.59 Å². The van der Waals surface area contributed by atoms with E-state index in [0.717, 1.165) is 0 Å². The van der Waals surface area contributed by atoms with Crippen LogP contribution < -0.4 is 11.1 Å². The molecule has 1 aliphatic rings. The Labute approximate surface area is 102 Å². The van der Waals surface area contributed by atoms with Gasteiger partial charge in [0.2, 0.25) is 11.8 Å². The molecule has 0 spiro atoms. The summed E-state index contributed by atoms with van der Waals surface area (Å²) in [4.78, 5) is 24.9. The monoisotopic (exact) mass is 249 g/mol. The van der Waals surface area contributed by atoms with Gasteiger partial charge >= 0.3 is 0 Å². The highest BCUT2D eigenvalue weighted by Crippen LogP contribution is 2.10. The molecule has 0 aliphatic carbocycles. The average molecular weight is 250 g/mol. The van der Waals surface area contributed by atoms with Gasteiger partial charge in [-0.2, -0.15) is 0 Å². The van der Waals surface area contributed by atoms with Gasteiger partial charge in [-0.1, -0.05) is 6.92 Å². The summed E-state index contributed by atoms with van der Waals surface area (Å²) in [5.41, 5.74) is 5.35. The minimum absolute atomic E-state index is 0. The van der Waals surface area contributed by atoms with Gasteiger partial charge in [-0.3, -0.25) is 9.59 Å². The van der Waals surface area contributed by atoms with E-state index in [4.69, 9.17) is 5.73 Å². The molecule has 2 amide bonds. The topological polar surface area (TPSA) is 75.4 Å². The molecule has 0 saturated carbocycles. The number of hydrogen-bond donors (Lipinski definition) is 2. The van der Waals surface area contributed by atoms with Crippen molar-refractivity contribution >= 4 is 24.2 Å². The third-order valence-electron chi connectivity index (χ3n) is 2.63. The highest BCUT2D eigenvalue weighted by atomic mass is 35.5. The van der Waals surface area contributed by atoms with E-state index < -0.39 is 0 Å².